The third kappa shape index (κ3) is 9.89. The molecule has 0 saturated carbocycles. The minimum atomic E-state index is -2.09. The van der Waals surface area contributed by atoms with Gasteiger partial charge in [0, 0.05) is 73.0 Å². The summed E-state index contributed by atoms with van der Waals surface area (Å²) in [5.74, 6) is -3.72. The van der Waals surface area contributed by atoms with E-state index < -0.39 is 46.3 Å². The number of carbonyl (C=O) groups is 6. The Balaban J connectivity index is 1.69. The van der Waals surface area contributed by atoms with Gasteiger partial charge in [0.25, 0.3) is 0 Å². The van der Waals surface area contributed by atoms with Gasteiger partial charge in [-0.25, -0.2) is 0 Å². The first-order valence-corrected chi connectivity index (χ1v) is 20.5. The quantitative estimate of drug-likeness (QED) is 0.0683. The molecule has 12 heteroatoms. The first-order chi connectivity index (χ1) is 27.2. The highest BCUT2D eigenvalue weighted by molar-refractivity contribution is 6.50. The van der Waals surface area contributed by atoms with E-state index in [1.54, 1.807) is 24.6 Å². The van der Waals surface area contributed by atoms with Crippen molar-refractivity contribution < 1.29 is 38.2 Å². The Morgan fingerprint density at radius 2 is 1.00 bits per heavy atom. The van der Waals surface area contributed by atoms with Gasteiger partial charge in [-0.15, -0.1) is 0 Å². The van der Waals surface area contributed by atoms with E-state index in [1.165, 1.54) is 13.8 Å². The largest absolute Gasteiger partial charge is 0.443 e. The van der Waals surface area contributed by atoms with Crippen molar-refractivity contribution in [2.45, 2.75) is 106 Å². The minimum Gasteiger partial charge on any atom is -0.443 e. The molecule has 0 bridgehead atoms. The van der Waals surface area contributed by atoms with Gasteiger partial charge >= 0.3 is 11.9 Å². The molecule has 4 aliphatic rings. The molecule has 10 nitrogen and oxygen atoms in total. The summed E-state index contributed by atoms with van der Waals surface area (Å²) in [7, 11) is 0. The lowest BCUT2D eigenvalue weighted by Crippen LogP contribution is -2.52. The van der Waals surface area contributed by atoms with Crippen LogP contribution in [0, 0.1) is 11.8 Å². The van der Waals surface area contributed by atoms with Gasteiger partial charge in [-0.1, -0.05) is 99.2 Å². The van der Waals surface area contributed by atoms with Gasteiger partial charge in [0.15, 0.2) is 0 Å². The van der Waals surface area contributed by atoms with Crippen LogP contribution in [0.3, 0.4) is 0 Å². The van der Waals surface area contributed by atoms with Crippen LogP contribution >= 0.6 is 23.2 Å². The number of rotatable bonds is 15. The molecule has 0 saturated heterocycles. The maximum absolute atomic E-state index is 13.8. The van der Waals surface area contributed by atoms with Crippen molar-refractivity contribution in [2.75, 3.05) is 13.1 Å². The molecule has 0 aromatic rings. The van der Waals surface area contributed by atoms with E-state index in [1.807, 2.05) is 48.0 Å². The van der Waals surface area contributed by atoms with Crippen molar-refractivity contribution in [2.24, 2.45) is 11.8 Å². The SMILES string of the molecule is CCC(C)C=C(C)C=CC1=CC2=C(Cl)C(=O)C(C)(OC(C)=O)C(=O)C2=CN1CCCCN1C=C2C(=O)C(C)(OC(C)=O)C(=O)C(Cl)=C2C=C1C=CC(C)=CC(C)CC. The molecule has 0 aromatic carbocycles. The second kappa shape index (κ2) is 18.9. The molecule has 0 aromatic heterocycles. The summed E-state index contributed by atoms with van der Waals surface area (Å²) in [5, 5.41) is -0.381. The number of esters is 2. The highest BCUT2D eigenvalue weighted by Gasteiger charge is 2.53. The summed E-state index contributed by atoms with van der Waals surface area (Å²) in [6.07, 6.45) is 22.0. The molecule has 2 aliphatic carbocycles. The Bertz CT molecular complexity index is 1960. The maximum Gasteiger partial charge on any atom is 0.304 e. The van der Waals surface area contributed by atoms with E-state index in [2.05, 4.69) is 39.8 Å². The number of unbranched alkanes of at least 4 members (excludes halogenated alkanes) is 1. The zero-order valence-electron chi connectivity index (χ0n) is 35.1. The van der Waals surface area contributed by atoms with E-state index in [4.69, 9.17) is 32.7 Å². The van der Waals surface area contributed by atoms with Crippen LogP contribution in [0.4, 0.5) is 0 Å². The Labute approximate surface area is 352 Å². The van der Waals surface area contributed by atoms with Crippen LogP contribution in [0.1, 0.15) is 94.9 Å². The summed E-state index contributed by atoms with van der Waals surface area (Å²) < 4.78 is 10.5. The van der Waals surface area contributed by atoms with Crippen molar-refractivity contribution in [3.05, 3.63) is 116 Å². The van der Waals surface area contributed by atoms with Crippen molar-refractivity contribution in [1.29, 1.82) is 0 Å². The lowest BCUT2D eigenvalue weighted by atomic mass is 9.79. The Hall–Kier alpha value is -4.80. The molecule has 4 rings (SSSR count). The number of ketones is 4. The molecule has 310 valence electrons. The molecule has 4 unspecified atom stereocenters. The number of fused-ring (bicyclic) bond motifs is 2. The van der Waals surface area contributed by atoms with Crippen LogP contribution in [-0.2, 0) is 38.2 Å². The number of Topliss-reactive ketones (excluding diaryl/α,β-unsaturated/α-hetero) is 4. The highest BCUT2D eigenvalue weighted by atomic mass is 35.5. The number of allylic oxidation sites excluding steroid dienone is 12. The van der Waals surface area contributed by atoms with E-state index in [0.717, 1.165) is 37.8 Å². The average molecular weight is 834 g/mol. The molecule has 4 atom stereocenters. The van der Waals surface area contributed by atoms with Gasteiger partial charge in [-0.2, -0.15) is 0 Å². The Morgan fingerprint density at radius 1 is 0.655 bits per heavy atom. The standard InChI is InChI=1S/C46H54Cl2N2O8/c1-11-27(3)21-29(5)15-17-33-23-35-37(41(53)45(9,57-31(7)51)43(55)39(35)47)25-49(33)19-13-14-20-50-26-38-36(24-34(50)18-16-30(6)22-28(4)12-2)40(48)44(56)46(10,42(38)54)58-32(8)52/h15-18,21-28H,11-14,19-20H2,1-10H3. The summed E-state index contributed by atoms with van der Waals surface area (Å²) in [6.45, 7) is 18.2. The summed E-state index contributed by atoms with van der Waals surface area (Å²) in [4.78, 5) is 82.1. The first kappa shape index (κ1) is 45.9. The fraction of sp³-hybridized carbons (Fsp3) is 0.435. The summed E-state index contributed by atoms with van der Waals surface area (Å²) >= 11 is 13.2. The fourth-order valence-corrected chi connectivity index (χ4v) is 7.68. The average Bonchev–Trinajstić information content (AvgIpc) is 3.17. The lowest BCUT2D eigenvalue weighted by Gasteiger charge is -2.36. The van der Waals surface area contributed by atoms with Gasteiger partial charge in [0.1, 0.15) is 0 Å². The number of nitrogens with zero attached hydrogens (tertiary/aromatic N) is 2. The second-order valence-corrected chi connectivity index (χ2v) is 16.4. The molecule has 0 amide bonds. The lowest BCUT2D eigenvalue weighted by molar-refractivity contribution is -0.167. The molecular weight excluding hydrogens is 779 g/mol. The summed E-state index contributed by atoms with van der Waals surface area (Å²) in [6, 6.07) is 0. The van der Waals surface area contributed by atoms with Gasteiger partial charge in [0.2, 0.25) is 34.3 Å². The molecule has 2 aliphatic heterocycles. The van der Waals surface area contributed by atoms with E-state index in [-0.39, 0.29) is 32.4 Å². The summed E-state index contributed by atoms with van der Waals surface area (Å²) in [5.41, 5.74) is 0.137. The first-order valence-electron chi connectivity index (χ1n) is 19.7. The molecule has 2 heterocycles. The van der Waals surface area contributed by atoms with Gasteiger partial charge in [-0.3, -0.25) is 28.8 Å². The van der Waals surface area contributed by atoms with Crippen LogP contribution in [0.15, 0.2) is 116 Å². The Morgan fingerprint density at radius 3 is 1.31 bits per heavy atom. The third-order valence-corrected chi connectivity index (χ3v) is 11.4. The van der Waals surface area contributed by atoms with Crippen LogP contribution in [0.25, 0.3) is 0 Å². The zero-order chi connectivity index (χ0) is 43.3. The Kier molecular flexibility index (Phi) is 14.9. The van der Waals surface area contributed by atoms with Crippen LogP contribution in [0.5, 0.6) is 0 Å². The zero-order valence-corrected chi connectivity index (χ0v) is 36.6. The number of hydrogen-bond donors (Lipinski definition) is 0. The highest BCUT2D eigenvalue weighted by Crippen LogP contribution is 2.41. The van der Waals surface area contributed by atoms with E-state index in [9.17, 15) is 28.8 Å². The minimum absolute atomic E-state index is 0.159. The van der Waals surface area contributed by atoms with Crippen molar-refractivity contribution in [3.63, 3.8) is 0 Å². The number of carbonyl (C=O) groups excluding carboxylic acids is 6. The maximum atomic E-state index is 13.8. The van der Waals surface area contributed by atoms with Crippen LogP contribution in [-0.4, -0.2) is 69.2 Å². The number of halogens is 2. The smallest absolute Gasteiger partial charge is 0.304 e. The van der Waals surface area contributed by atoms with Crippen molar-refractivity contribution in [1.82, 2.24) is 9.80 Å². The molecule has 0 fully saturated rings. The van der Waals surface area contributed by atoms with Gasteiger partial charge < -0.3 is 19.3 Å². The van der Waals surface area contributed by atoms with E-state index in [0.29, 0.717) is 49.2 Å². The van der Waals surface area contributed by atoms with Crippen LogP contribution < -0.4 is 0 Å². The number of hydrogen-bond acceptors (Lipinski definition) is 10. The third-order valence-electron chi connectivity index (χ3n) is 10.7. The predicted molar refractivity (Wildman–Crippen MR) is 226 cm³/mol. The van der Waals surface area contributed by atoms with Crippen molar-refractivity contribution >= 4 is 58.3 Å². The molecule has 0 N–H and O–H groups in total. The molecular formula is C46H54Cl2N2O8. The topological polar surface area (TPSA) is 127 Å². The molecule has 0 spiro atoms. The van der Waals surface area contributed by atoms with Gasteiger partial charge in [-0.05, 0) is 76.7 Å². The normalized spacial score (nSPS) is 24.1. The van der Waals surface area contributed by atoms with Crippen molar-refractivity contribution in [3.8, 4) is 0 Å². The van der Waals surface area contributed by atoms with Gasteiger partial charge in [0.05, 0.1) is 10.1 Å². The molecule has 58 heavy (non-hydrogen) atoms. The fourth-order valence-electron chi connectivity index (χ4n) is 7.00. The number of ether oxygens (including phenoxy) is 2. The van der Waals surface area contributed by atoms with Crippen LogP contribution in [0.2, 0.25) is 0 Å². The molecule has 0 radical (unpaired) electrons. The second-order valence-electron chi connectivity index (χ2n) is 15.6. The predicted octanol–water partition coefficient (Wildman–Crippen LogP) is 8.96. The monoisotopic (exact) mass is 832 g/mol. The van der Waals surface area contributed by atoms with E-state index >= 15 is 0 Å².